The number of likely N-dealkylation sites (tertiary alicyclic amines) is 1. The third-order valence-electron chi connectivity index (χ3n) is 5.62. The summed E-state index contributed by atoms with van der Waals surface area (Å²) in [4.78, 5) is 5.30. The summed E-state index contributed by atoms with van der Waals surface area (Å²) in [5, 5.41) is 0. The minimum atomic E-state index is 0.125. The van der Waals surface area contributed by atoms with Crippen molar-refractivity contribution in [3.63, 3.8) is 0 Å². The van der Waals surface area contributed by atoms with Crippen molar-refractivity contribution in [1.82, 2.24) is 9.80 Å². The molecule has 2 saturated heterocycles. The average molecular weight is 251 g/mol. The molecule has 3 aliphatic rings. The van der Waals surface area contributed by atoms with Gasteiger partial charge in [0.05, 0.1) is 0 Å². The van der Waals surface area contributed by atoms with E-state index in [4.69, 9.17) is 5.73 Å². The standard InChI is InChI=1S/C15H29N3/c1-17-13-5-6-14(17)11-18(10-7-13)12-15(16)8-3-2-4-9-15/h13-14H,2-12,16H2,1H3. The molecule has 3 heteroatoms. The van der Waals surface area contributed by atoms with Gasteiger partial charge in [-0.2, -0.15) is 0 Å². The van der Waals surface area contributed by atoms with Gasteiger partial charge < -0.3 is 5.73 Å². The fourth-order valence-corrected chi connectivity index (χ4v) is 4.38. The molecule has 2 N–H and O–H groups in total. The van der Waals surface area contributed by atoms with Crippen molar-refractivity contribution in [2.75, 3.05) is 26.7 Å². The third kappa shape index (κ3) is 2.59. The first kappa shape index (κ1) is 12.9. The second-order valence-electron chi connectivity index (χ2n) is 7.00. The lowest BCUT2D eigenvalue weighted by atomic mass is 9.82. The van der Waals surface area contributed by atoms with Crippen molar-refractivity contribution in [2.45, 2.75) is 69.0 Å². The van der Waals surface area contributed by atoms with E-state index in [0.29, 0.717) is 0 Å². The molecule has 0 aromatic heterocycles. The summed E-state index contributed by atoms with van der Waals surface area (Å²) >= 11 is 0. The zero-order valence-corrected chi connectivity index (χ0v) is 11.9. The van der Waals surface area contributed by atoms with Crippen LogP contribution >= 0.6 is 0 Å². The van der Waals surface area contributed by atoms with Crippen molar-refractivity contribution >= 4 is 0 Å². The lowest BCUT2D eigenvalue weighted by molar-refractivity contribution is 0.157. The first-order chi connectivity index (χ1) is 8.66. The van der Waals surface area contributed by atoms with Crippen LogP contribution in [0.4, 0.5) is 0 Å². The Kier molecular flexibility index (Phi) is 3.65. The molecule has 104 valence electrons. The molecule has 0 radical (unpaired) electrons. The fraction of sp³-hybridized carbons (Fsp3) is 1.00. The Morgan fingerprint density at radius 3 is 2.56 bits per heavy atom. The molecule has 0 aromatic carbocycles. The molecule has 0 amide bonds. The van der Waals surface area contributed by atoms with E-state index in [-0.39, 0.29) is 5.54 Å². The van der Waals surface area contributed by atoms with E-state index in [1.54, 1.807) is 0 Å². The Morgan fingerprint density at radius 1 is 1.06 bits per heavy atom. The van der Waals surface area contributed by atoms with Gasteiger partial charge in [-0.1, -0.05) is 19.3 Å². The van der Waals surface area contributed by atoms with Crippen molar-refractivity contribution in [3.8, 4) is 0 Å². The van der Waals surface area contributed by atoms with Gasteiger partial charge in [-0.05, 0) is 45.7 Å². The van der Waals surface area contributed by atoms with Gasteiger partial charge in [0.15, 0.2) is 0 Å². The Labute approximate surface area is 112 Å². The van der Waals surface area contributed by atoms with E-state index in [2.05, 4.69) is 16.8 Å². The van der Waals surface area contributed by atoms with Crippen LogP contribution in [0.2, 0.25) is 0 Å². The maximum Gasteiger partial charge on any atom is 0.0283 e. The van der Waals surface area contributed by atoms with Crippen LogP contribution in [0.15, 0.2) is 0 Å². The van der Waals surface area contributed by atoms with Crippen LogP contribution in [-0.2, 0) is 0 Å². The topological polar surface area (TPSA) is 32.5 Å². The molecule has 3 nitrogen and oxygen atoms in total. The Balaban J connectivity index is 1.60. The van der Waals surface area contributed by atoms with Crippen molar-refractivity contribution in [2.24, 2.45) is 5.73 Å². The van der Waals surface area contributed by atoms with E-state index in [1.165, 1.54) is 64.5 Å². The Bertz CT molecular complexity index is 285. The SMILES string of the molecule is CN1C2CCC1CN(CC1(N)CCCCC1)CC2. The Morgan fingerprint density at radius 2 is 1.78 bits per heavy atom. The highest BCUT2D eigenvalue weighted by atomic mass is 15.3. The van der Waals surface area contributed by atoms with Gasteiger partial charge in [0.25, 0.3) is 0 Å². The normalized spacial score (nSPS) is 37.7. The second-order valence-corrected chi connectivity index (χ2v) is 7.00. The average Bonchev–Trinajstić information content (AvgIpc) is 2.59. The predicted octanol–water partition coefficient (Wildman–Crippen LogP) is 1.82. The number of hydrogen-bond donors (Lipinski definition) is 1. The molecular weight excluding hydrogens is 222 g/mol. The Hall–Kier alpha value is -0.120. The molecule has 2 atom stereocenters. The molecule has 2 unspecified atom stereocenters. The summed E-state index contributed by atoms with van der Waals surface area (Å²) in [6.45, 7) is 3.67. The maximum absolute atomic E-state index is 6.62. The number of nitrogens with zero attached hydrogens (tertiary/aromatic N) is 2. The number of likely N-dealkylation sites (N-methyl/N-ethyl adjacent to an activating group) is 1. The summed E-state index contributed by atoms with van der Waals surface area (Å²) < 4.78 is 0. The zero-order chi connectivity index (χ0) is 12.6. The first-order valence-corrected chi connectivity index (χ1v) is 7.89. The van der Waals surface area contributed by atoms with Gasteiger partial charge in [-0.15, -0.1) is 0 Å². The molecule has 1 saturated carbocycles. The molecular formula is C15H29N3. The predicted molar refractivity (Wildman–Crippen MR) is 75.6 cm³/mol. The van der Waals surface area contributed by atoms with Gasteiger partial charge >= 0.3 is 0 Å². The summed E-state index contributed by atoms with van der Waals surface area (Å²) in [7, 11) is 2.32. The van der Waals surface area contributed by atoms with Gasteiger partial charge in [-0.25, -0.2) is 0 Å². The highest BCUT2D eigenvalue weighted by Gasteiger charge is 2.37. The highest BCUT2D eigenvalue weighted by molar-refractivity contribution is 4.95. The highest BCUT2D eigenvalue weighted by Crippen LogP contribution is 2.31. The smallest absolute Gasteiger partial charge is 0.0283 e. The lowest BCUT2D eigenvalue weighted by Gasteiger charge is -2.38. The van der Waals surface area contributed by atoms with Gasteiger partial charge in [-0.3, -0.25) is 9.80 Å². The quantitative estimate of drug-likeness (QED) is 0.812. The summed E-state index contributed by atoms with van der Waals surface area (Å²) in [6.07, 6.45) is 10.7. The lowest BCUT2D eigenvalue weighted by Crippen LogP contribution is -2.52. The van der Waals surface area contributed by atoms with Crippen LogP contribution in [0.1, 0.15) is 51.4 Å². The molecule has 2 bridgehead atoms. The van der Waals surface area contributed by atoms with E-state index in [0.717, 1.165) is 18.6 Å². The van der Waals surface area contributed by atoms with Crippen molar-refractivity contribution in [1.29, 1.82) is 0 Å². The molecule has 0 spiro atoms. The number of fused-ring (bicyclic) bond motifs is 2. The van der Waals surface area contributed by atoms with Crippen LogP contribution in [0.5, 0.6) is 0 Å². The fourth-order valence-electron chi connectivity index (χ4n) is 4.38. The molecule has 3 fully saturated rings. The van der Waals surface area contributed by atoms with Crippen LogP contribution in [0, 0.1) is 0 Å². The zero-order valence-electron chi connectivity index (χ0n) is 11.9. The van der Waals surface area contributed by atoms with Crippen molar-refractivity contribution < 1.29 is 0 Å². The van der Waals surface area contributed by atoms with Crippen LogP contribution < -0.4 is 5.73 Å². The van der Waals surface area contributed by atoms with E-state index < -0.39 is 0 Å². The monoisotopic (exact) mass is 251 g/mol. The summed E-state index contributed by atoms with van der Waals surface area (Å²) in [6, 6.07) is 1.64. The second kappa shape index (κ2) is 5.10. The van der Waals surface area contributed by atoms with Gasteiger partial charge in [0.2, 0.25) is 0 Å². The number of hydrogen-bond acceptors (Lipinski definition) is 3. The van der Waals surface area contributed by atoms with Crippen LogP contribution in [0.3, 0.4) is 0 Å². The van der Waals surface area contributed by atoms with Crippen LogP contribution in [-0.4, -0.2) is 54.1 Å². The van der Waals surface area contributed by atoms with E-state index >= 15 is 0 Å². The van der Waals surface area contributed by atoms with Crippen molar-refractivity contribution in [3.05, 3.63) is 0 Å². The number of nitrogens with two attached hydrogens (primary N) is 1. The first-order valence-electron chi connectivity index (χ1n) is 7.89. The largest absolute Gasteiger partial charge is 0.324 e. The number of rotatable bonds is 2. The molecule has 1 aliphatic carbocycles. The molecule has 18 heavy (non-hydrogen) atoms. The maximum atomic E-state index is 6.62. The molecule has 3 rings (SSSR count). The summed E-state index contributed by atoms with van der Waals surface area (Å²) in [5.41, 5.74) is 6.74. The molecule has 2 heterocycles. The van der Waals surface area contributed by atoms with Crippen LogP contribution in [0.25, 0.3) is 0 Å². The minimum Gasteiger partial charge on any atom is -0.324 e. The van der Waals surface area contributed by atoms with Gasteiger partial charge in [0.1, 0.15) is 0 Å². The third-order valence-corrected chi connectivity index (χ3v) is 5.62. The minimum absolute atomic E-state index is 0.125. The van der Waals surface area contributed by atoms with E-state index in [1.807, 2.05) is 0 Å². The van der Waals surface area contributed by atoms with E-state index in [9.17, 15) is 0 Å². The molecule has 0 aromatic rings. The van der Waals surface area contributed by atoms with Gasteiger partial charge in [0, 0.05) is 30.7 Å². The molecule has 2 aliphatic heterocycles. The summed E-state index contributed by atoms with van der Waals surface area (Å²) in [5.74, 6) is 0.